The van der Waals surface area contributed by atoms with Gasteiger partial charge in [-0.3, -0.25) is 9.79 Å². The number of piperidine rings is 1. The Labute approximate surface area is 149 Å². The van der Waals surface area contributed by atoms with Crippen LogP contribution in [0.1, 0.15) is 25.7 Å². The van der Waals surface area contributed by atoms with E-state index in [0.717, 1.165) is 50.5 Å². The van der Waals surface area contributed by atoms with E-state index in [2.05, 4.69) is 20.5 Å². The van der Waals surface area contributed by atoms with Crippen molar-refractivity contribution in [3.05, 3.63) is 30.3 Å². The Morgan fingerprint density at radius 3 is 2.44 bits per heavy atom. The summed E-state index contributed by atoms with van der Waals surface area (Å²) in [5.74, 6) is 2.30. The number of likely N-dealkylation sites (tertiary alicyclic amines) is 1. The van der Waals surface area contributed by atoms with Gasteiger partial charge in [-0.25, -0.2) is 0 Å². The standard InChI is InChI=1S/C19H28N4O2/c1-20-19(22-12-11-21-18(24)15-7-8-15)23-13-9-17(10-14-23)25-16-5-3-2-4-6-16/h2-6,15,17H,7-14H2,1H3,(H,20,22)(H,21,24). The molecule has 1 aliphatic heterocycles. The molecule has 2 N–H and O–H groups in total. The Kier molecular flexibility index (Phi) is 6.14. The Morgan fingerprint density at radius 2 is 1.80 bits per heavy atom. The van der Waals surface area contributed by atoms with Gasteiger partial charge in [0, 0.05) is 52.0 Å². The average Bonchev–Trinajstić information content (AvgIpc) is 3.49. The van der Waals surface area contributed by atoms with Crippen LogP contribution >= 0.6 is 0 Å². The average molecular weight is 344 g/mol. The third kappa shape index (κ3) is 5.37. The quantitative estimate of drug-likeness (QED) is 0.468. The van der Waals surface area contributed by atoms with E-state index in [0.29, 0.717) is 13.1 Å². The molecule has 6 nitrogen and oxygen atoms in total. The highest BCUT2D eigenvalue weighted by Gasteiger charge is 2.29. The second-order valence-corrected chi connectivity index (χ2v) is 6.66. The summed E-state index contributed by atoms with van der Waals surface area (Å²) in [6, 6.07) is 10.0. The fraction of sp³-hybridized carbons (Fsp3) is 0.579. The number of amides is 1. The summed E-state index contributed by atoms with van der Waals surface area (Å²) in [4.78, 5) is 18.2. The van der Waals surface area contributed by atoms with Crippen LogP contribution in [0.5, 0.6) is 5.75 Å². The SMILES string of the molecule is CN=C(NCCNC(=O)C1CC1)N1CCC(Oc2ccccc2)CC1. The number of hydrogen-bond acceptors (Lipinski definition) is 3. The van der Waals surface area contributed by atoms with Crippen molar-refractivity contribution in [2.75, 3.05) is 33.2 Å². The molecule has 1 amide bonds. The maximum Gasteiger partial charge on any atom is 0.223 e. The van der Waals surface area contributed by atoms with Gasteiger partial charge in [0.2, 0.25) is 5.91 Å². The molecular weight excluding hydrogens is 316 g/mol. The lowest BCUT2D eigenvalue weighted by Gasteiger charge is -2.34. The van der Waals surface area contributed by atoms with Gasteiger partial charge in [-0.05, 0) is 25.0 Å². The van der Waals surface area contributed by atoms with Crippen molar-refractivity contribution in [3.63, 3.8) is 0 Å². The van der Waals surface area contributed by atoms with E-state index in [1.54, 1.807) is 7.05 Å². The summed E-state index contributed by atoms with van der Waals surface area (Å²) < 4.78 is 6.04. The molecule has 1 saturated heterocycles. The lowest BCUT2D eigenvalue weighted by Crippen LogP contribution is -2.48. The van der Waals surface area contributed by atoms with Crippen molar-refractivity contribution in [1.29, 1.82) is 0 Å². The number of ether oxygens (including phenoxy) is 1. The normalized spacial score (nSPS) is 18.8. The molecular formula is C19H28N4O2. The molecule has 0 spiro atoms. The number of benzene rings is 1. The van der Waals surface area contributed by atoms with Gasteiger partial charge in [-0.2, -0.15) is 0 Å². The van der Waals surface area contributed by atoms with Gasteiger partial charge >= 0.3 is 0 Å². The maximum absolute atomic E-state index is 11.6. The number of hydrogen-bond donors (Lipinski definition) is 2. The number of nitrogens with zero attached hydrogens (tertiary/aromatic N) is 2. The van der Waals surface area contributed by atoms with Crippen LogP contribution in [0.4, 0.5) is 0 Å². The zero-order valence-electron chi connectivity index (χ0n) is 14.9. The number of guanidine groups is 1. The van der Waals surface area contributed by atoms with Gasteiger partial charge in [-0.1, -0.05) is 18.2 Å². The summed E-state index contributed by atoms with van der Waals surface area (Å²) in [5, 5.41) is 6.31. The highest BCUT2D eigenvalue weighted by molar-refractivity contribution is 5.81. The molecule has 2 aliphatic rings. The first-order valence-corrected chi connectivity index (χ1v) is 9.21. The largest absolute Gasteiger partial charge is 0.490 e. The van der Waals surface area contributed by atoms with Crippen molar-refractivity contribution in [1.82, 2.24) is 15.5 Å². The summed E-state index contributed by atoms with van der Waals surface area (Å²) in [6.45, 7) is 3.19. The van der Waals surface area contributed by atoms with Crippen LogP contribution in [0.3, 0.4) is 0 Å². The van der Waals surface area contributed by atoms with Crippen molar-refractivity contribution in [2.45, 2.75) is 31.8 Å². The molecule has 1 saturated carbocycles. The lowest BCUT2D eigenvalue weighted by atomic mass is 10.1. The van der Waals surface area contributed by atoms with Crippen LogP contribution in [0.25, 0.3) is 0 Å². The van der Waals surface area contributed by atoms with Gasteiger partial charge in [0.1, 0.15) is 11.9 Å². The van der Waals surface area contributed by atoms with Crippen LogP contribution in [0.15, 0.2) is 35.3 Å². The van der Waals surface area contributed by atoms with Gasteiger partial charge in [0.25, 0.3) is 0 Å². The summed E-state index contributed by atoms with van der Waals surface area (Å²) >= 11 is 0. The van der Waals surface area contributed by atoms with E-state index >= 15 is 0 Å². The van der Waals surface area contributed by atoms with E-state index in [9.17, 15) is 4.79 Å². The first-order valence-electron chi connectivity index (χ1n) is 9.21. The van der Waals surface area contributed by atoms with Gasteiger partial charge in [-0.15, -0.1) is 0 Å². The molecule has 136 valence electrons. The molecule has 3 rings (SSSR count). The van der Waals surface area contributed by atoms with Gasteiger partial charge in [0.15, 0.2) is 5.96 Å². The minimum Gasteiger partial charge on any atom is -0.490 e. The number of carbonyl (C=O) groups is 1. The summed E-state index contributed by atoms with van der Waals surface area (Å²) in [7, 11) is 1.80. The van der Waals surface area contributed by atoms with E-state index < -0.39 is 0 Å². The maximum atomic E-state index is 11.6. The Balaban J connectivity index is 1.36. The topological polar surface area (TPSA) is 66.0 Å². The lowest BCUT2D eigenvalue weighted by molar-refractivity contribution is -0.122. The van der Waals surface area contributed by atoms with E-state index in [1.165, 1.54) is 0 Å². The van der Waals surface area contributed by atoms with Crippen LogP contribution in [0.2, 0.25) is 0 Å². The third-order valence-electron chi connectivity index (χ3n) is 4.65. The molecule has 25 heavy (non-hydrogen) atoms. The molecule has 0 unspecified atom stereocenters. The summed E-state index contributed by atoms with van der Waals surface area (Å²) in [5.41, 5.74) is 0. The number of carbonyl (C=O) groups excluding carboxylic acids is 1. The number of para-hydroxylation sites is 1. The minimum absolute atomic E-state index is 0.190. The second-order valence-electron chi connectivity index (χ2n) is 6.66. The fourth-order valence-electron chi connectivity index (χ4n) is 3.06. The minimum atomic E-state index is 0.190. The number of aliphatic imine (C=N–C) groups is 1. The summed E-state index contributed by atoms with van der Waals surface area (Å²) in [6.07, 6.45) is 4.30. The molecule has 2 fully saturated rings. The number of rotatable bonds is 6. The molecule has 1 heterocycles. The first kappa shape index (κ1) is 17.6. The van der Waals surface area contributed by atoms with E-state index in [1.807, 2.05) is 30.3 Å². The number of nitrogens with one attached hydrogen (secondary N) is 2. The van der Waals surface area contributed by atoms with E-state index in [-0.39, 0.29) is 17.9 Å². The molecule has 0 atom stereocenters. The molecule has 1 aromatic rings. The van der Waals surface area contributed by atoms with Crippen LogP contribution < -0.4 is 15.4 Å². The van der Waals surface area contributed by atoms with Crippen LogP contribution in [-0.4, -0.2) is 56.1 Å². The smallest absolute Gasteiger partial charge is 0.223 e. The van der Waals surface area contributed by atoms with Gasteiger partial charge < -0.3 is 20.3 Å². The molecule has 1 aliphatic carbocycles. The molecule has 0 bridgehead atoms. The zero-order valence-corrected chi connectivity index (χ0v) is 14.9. The van der Waals surface area contributed by atoms with Crippen LogP contribution in [0, 0.1) is 5.92 Å². The predicted octanol–water partition coefficient (Wildman–Crippen LogP) is 1.63. The zero-order chi connectivity index (χ0) is 17.5. The van der Waals surface area contributed by atoms with Crippen molar-refractivity contribution < 1.29 is 9.53 Å². The second kappa shape index (κ2) is 8.74. The highest BCUT2D eigenvalue weighted by Crippen LogP contribution is 2.28. The van der Waals surface area contributed by atoms with Crippen LogP contribution in [-0.2, 0) is 4.79 Å². The third-order valence-corrected chi connectivity index (χ3v) is 4.65. The Morgan fingerprint density at radius 1 is 1.12 bits per heavy atom. The predicted molar refractivity (Wildman–Crippen MR) is 98.8 cm³/mol. The highest BCUT2D eigenvalue weighted by atomic mass is 16.5. The van der Waals surface area contributed by atoms with Crippen molar-refractivity contribution in [2.24, 2.45) is 10.9 Å². The molecule has 0 radical (unpaired) electrons. The Hall–Kier alpha value is -2.24. The van der Waals surface area contributed by atoms with Crippen molar-refractivity contribution >= 4 is 11.9 Å². The Bertz CT molecular complexity index is 578. The molecule has 6 heteroatoms. The first-order chi connectivity index (χ1) is 12.3. The fourth-order valence-corrected chi connectivity index (χ4v) is 3.06. The monoisotopic (exact) mass is 344 g/mol. The van der Waals surface area contributed by atoms with Gasteiger partial charge in [0.05, 0.1) is 0 Å². The van der Waals surface area contributed by atoms with Crippen molar-refractivity contribution in [3.8, 4) is 5.75 Å². The molecule has 1 aromatic carbocycles. The molecule has 0 aromatic heterocycles. The van der Waals surface area contributed by atoms with E-state index in [4.69, 9.17) is 4.74 Å².